The van der Waals surface area contributed by atoms with Gasteiger partial charge in [0.2, 0.25) is 5.91 Å². The van der Waals surface area contributed by atoms with Crippen molar-refractivity contribution in [3.63, 3.8) is 0 Å². The molecule has 2 heterocycles. The van der Waals surface area contributed by atoms with Gasteiger partial charge in [-0.1, -0.05) is 12.1 Å². The Hall–Kier alpha value is -2.63. The quantitative estimate of drug-likeness (QED) is 0.911. The minimum absolute atomic E-state index is 0.124. The number of carbonyl (C=O) groups is 2. The van der Waals surface area contributed by atoms with Gasteiger partial charge in [-0.25, -0.2) is 4.79 Å². The van der Waals surface area contributed by atoms with Crippen LogP contribution in [0.3, 0.4) is 0 Å². The van der Waals surface area contributed by atoms with Gasteiger partial charge in [0.1, 0.15) is 0 Å². The summed E-state index contributed by atoms with van der Waals surface area (Å²) in [4.78, 5) is 24.3. The van der Waals surface area contributed by atoms with Crippen LogP contribution in [0.25, 0.3) is 11.3 Å². The Kier molecular flexibility index (Phi) is 4.14. The van der Waals surface area contributed by atoms with E-state index < -0.39 is 5.97 Å². The first-order valence-electron chi connectivity index (χ1n) is 7.69. The highest BCUT2D eigenvalue weighted by Crippen LogP contribution is 2.29. The lowest BCUT2D eigenvalue weighted by atomic mass is 9.93. The summed E-state index contributed by atoms with van der Waals surface area (Å²) in [5.41, 5.74) is 2.83. The lowest BCUT2D eigenvalue weighted by Crippen LogP contribution is -2.36. The van der Waals surface area contributed by atoms with E-state index in [-0.39, 0.29) is 11.5 Å². The number of nitrogens with zero attached hydrogens (tertiary/aromatic N) is 2. The molecule has 1 aromatic carbocycles. The Labute approximate surface area is 134 Å². The number of aromatic amines is 1. The molecule has 1 aliphatic rings. The minimum atomic E-state index is -0.945. The molecule has 2 aromatic rings. The zero-order valence-electron chi connectivity index (χ0n) is 13.0. The van der Waals surface area contributed by atoms with E-state index in [4.69, 9.17) is 5.11 Å². The van der Waals surface area contributed by atoms with Crippen LogP contribution in [-0.4, -0.2) is 45.2 Å². The maximum atomic E-state index is 11.4. The van der Waals surface area contributed by atoms with Crippen LogP contribution in [-0.2, 0) is 4.79 Å². The fraction of sp³-hybridized carbons (Fsp3) is 0.353. The number of likely N-dealkylation sites (tertiary alicyclic amines) is 1. The number of hydrogen-bond donors (Lipinski definition) is 2. The molecule has 1 amide bonds. The maximum Gasteiger partial charge on any atom is 0.335 e. The molecule has 6 heteroatoms. The Morgan fingerprint density at radius 1 is 1.26 bits per heavy atom. The molecule has 0 saturated carbocycles. The van der Waals surface area contributed by atoms with Gasteiger partial charge in [0.15, 0.2) is 0 Å². The summed E-state index contributed by atoms with van der Waals surface area (Å²) in [7, 11) is 0. The number of carboxylic acid groups (broad SMARTS) is 1. The molecule has 1 fully saturated rings. The number of rotatable bonds is 3. The van der Waals surface area contributed by atoms with Crippen LogP contribution in [0, 0.1) is 0 Å². The van der Waals surface area contributed by atoms with Crippen molar-refractivity contribution in [1.82, 2.24) is 15.1 Å². The zero-order chi connectivity index (χ0) is 16.4. The second-order valence-corrected chi connectivity index (χ2v) is 5.87. The van der Waals surface area contributed by atoms with E-state index in [2.05, 4.69) is 10.2 Å². The Balaban J connectivity index is 1.75. The third-order valence-corrected chi connectivity index (χ3v) is 4.38. The van der Waals surface area contributed by atoms with E-state index >= 15 is 0 Å². The van der Waals surface area contributed by atoms with Gasteiger partial charge in [-0.05, 0) is 31.0 Å². The summed E-state index contributed by atoms with van der Waals surface area (Å²) in [5.74, 6) is -0.465. The number of piperidine rings is 1. The third kappa shape index (κ3) is 3.26. The van der Waals surface area contributed by atoms with Crippen molar-refractivity contribution in [3.8, 4) is 11.3 Å². The van der Waals surface area contributed by atoms with Crippen molar-refractivity contribution in [3.05, 3.63) is 41.6 Å². The molecule has 2 N–H and O–H groups in total. The molecule has 0 atom stereocenters. The van der Waals surface area contributed by atoms with Crippen molar-refractivity contribution >= 4 is 11.9 Å². The largest absolute Gasteiger partial charge is 0.478 e. The van der Waals surface area contributed by atoms with Gasteiger partial charge in [0.25, 0.3) is 0 Å². The second-order valence-electron chi connectivity index (χ2n) is 5.87. The number of benzene rings is 1. The molecular weight excluding hydrogens is 294 g/mol. The molecule has 3 rings (SSSR count). The molecule has 1 saturated heterocycles. The summed E-state index contributed by atoms with van der Waals surface area (Å²) in [6.07, 6.45) is 1.83. The molecular formula is C17H19N3O3. The van der Waals surface area contributed by atoms with E-state index in [1.165, 1.54) is 0 Å². The number of nitrogens with one attached hydrogen (secondary N) is 1. The van der Waals surface area contributed by atoms with E-state index in [9.17, 15) is 9.59 Å². The molecule has 0 radical (unpaired) electrons. The lowest BCUT2D eigenvalue weighted by molar-refractivity contribution is -0.129. The summed E-state index contributed by atoms with van der Waals surface area (Å²) in [6, 6.07) is 8.75. The van der Waals surface area contributed by atoms with Crippen LogP contribution >= 0.6 is 0 Å². The number of H-pyrrole nitrogens is 1. The zero-order valence-corrected chi connectivity index (χ0v) is 13.0. The SMILES string of the molecule is CC(=O)N1CCC(c2cc(-c3cccc(C(=O)O)c3)n[nH]2)CC1. The van der Waals surface area contributed by atoms with E-state index in [1.807, 2.05) is 17.0 Å². The average Bonchev–Trinajstić information content (AvgIpc) is 3.05. The van der Waals surface area contributed by atoms with Gasteiger partial charge in [0, 0.05) is 37.2 Å². The first-order chi connectivity index (χ1) is 11.0. The summed E-state index contributed by atoms with van der Waals surface area (Å²) >= 11 is 0. The molecule has 120 valence electrons. The molecule has 1 aromatic heterocycles. The van der Waals surface area contributed by atoms with Crippen molar-refractivity contribution < 1.29 is 14.7 Å². The fourth-order valence-electron chi connectivity index (χ4n) is 3.01. The molecule has 6 nitrogen and oxygen atoms in total. The molecule has 0 bridgehead atoms. The number of carboxylic acids is 1. The van der Waals surface area contributed by atoms with Gasteiger partial charge in [-0.2, -0.15) is 5.10 Å². The van der Waals surface area contributed by atoms with E-state index in [0.29, 0.717) is 5.92 Å². The van der Waals surface area contributed by atoms with Gasteiger partial charge >= 0.3 is 5.97 Å². The standard InChI is InChI=1S/C17H19N3O3/c1-11(21)20-7-5-12(6-8-20)15-10-16(19-18-15)13-3-2-4-14(9-13)17(22)23/h2-4,9-10,12H,5-8H2,1H3,(H,18,19)(H,22,23). The highest BCUT2D eigenvalue weighted by Gasteiger charge is 2.23. The molecule has 0 unspecified atom stereocenters. The highest BCUT2D eigenvalue weighted by atomic mass is 16.4. The number of aromatic carboxylic acids is 1. The first-order valence-corrected chi connectivity index (χ1v) is 7.69. The van der Waals surface area contributed by atoms with Crippen LogP contribution in [0.2, 0.25) is 0 Å². The van der Waals surface area contributed by atoms with Crippen molar-refractivity contribution in [2.24, 2.45) is 0 Å². The van der Waals surface area contributed by atoms with Gasteiger partial charge in [-0.15, -0.1) is 0 Å². The predicted molar refractivity (Wildman–Crippen MR) is 85.2 cm³/mol. The summed E-state index contributed by atoms with van der Waals surface area (Å²) < 4.78 is 0. The molecule has 0 aliphatic carbocycles. The Morgan fingerprint density at radius 3 is 2.65 bits per heavy atom. The van der Waals surface area contributed by atoms with Crippen molar-refractivity contribution in [2.75, 3.05) is 13.1 Å². The van der Waals surface area contributed by atoms with Crippen molar-refractivity contribution in [1.29, 1.82) is 0 Å². The minimum Gasteiger partial charge on any atom is -0.478 e. The molecule has 0 spiro atoms. The third-order valence-electron chi connectivity index (χ3n) is 4.38. The smallest absolute Gasteiger partial charge is 0.335 e. The monoisotopic (exact) mass is 313 g/mol. The predicted octanol–water partition coefficient (Wildman–Crippen LogP) is 2.50. The second kappa shape index (κ2) is 6.24. The van der Waals surface area contributed by atoms with Crippen molar-refractivity contribution in [2.45, 2.75) is 25.7 Å². The number of hydrogen-bond acceptors (Lipinski definition) is 3. The van der Waals surface area contributed by atoms with Gasteiger partial charge < -0.3 is 10.0 Å². The average molecular weight is 313 g/mol. The van der Waals surface area contributed by atoms with E-state index in [0.717, 1.165) is 42.9 Å². The topological polar surface area (TPSA) is 86.3 Å². The van der Waals surface area contributed by atoms with E-state index in [1.54, 1.807) is 25.1 Å². The number of carbonyl (C=O) groups excluding carboxylic acids is 1. The molecule has 1 aliphatic heterocycles. The maximum absolute atomic E-state index is 11.4. The first kappa shape index (κ1) is 15.3. The fourth-order valence-corrected chi connectivity index (χ4v) is 3.01. The van der Waals surface area contributed by atoms with Crippen LogP contribution in [0.4, 0.5) is 0 Å². The van der Waals surface area contributed by atoms with Crippen LogP contribution in [0.5, 0.6) is 0 Å². The summed E-state index contributed by atoms with van der Waals surface area (Å²) in [6.45, 7) is 3.13. The van der Waals surface area contributed by atoms with Crippen LogP contribution in [0.1, 0.15) is 41.7 Å². The number of aromatic nitrogens is 2. The Morgan fingerprint density at radius 2 is 2.00 bits per heavy atom. The molecule has 23 heavy (non-hydrogen) atoms. The van der Waals surface area contributed by atoms with Crippen LogP contribution in [0.15, 0.2) is 30.3 Å². The Bertz CT molecular complexity index is 730. The normalized spacial score (nSPS) is 15.6. The van der Waals surface area contributed by atoms with Crippen LogP contribution < -0.4 is 0 Å². The van der Waals surface area contributed by atoms with Gasteiger partial charge in [0.05, 0.1) is 11.3 Å². The highest BCUT2D eigenvalue weighted by molar-refractivity contribution is 5.89. The lowest BCUT2D eigenvalue weighted by Gasteiger charge is -2.30. The van der Waals surface area contributed by atoms with Gasteiger partial charge in [-0.3, -0.25) is 9.89 Å². The summed E-state index contributed by atoms with van der Waals surface area (Å²) in [5, 5.41) is 16.5. The number of amides is 1.